The van der Waals surface area contributed by atoms with E-state index < -0.39 is 44.6 Å². The third kappa shape index (κ3) is 6.70. The number of halogens is 3. The van der Waals surface area contributed by atoms with Crippen LogP contribution in [-0.2, 0) is 30.5 Å². The molecule has 0 saturated carbocycles. The van der Waals surface area contributed by atoms with E-state index in [0.29, 0.717) is 6.07 Å². The summed E-state index contributed by atoms with van der Waals surface area (Å²) in [5.74, 6) is -1.57. The fourth-order valence-corrected chi connectivity index (χ4v) is 2.80. The smallest absolute Gasteiger partial charge is 0.416 e. The molecule has 1 aromatic carbocycles. The number of rotatable bonds is 8. The number of carbonyl (C=O) groups excluding carboxylic acids is 2. The molecule has 25 heavy (non-hydrogen) atoms. The number of nitrogens with one attached hydrogen (secondary N) is 1. The van der Waals surface area contributed by atoms with Crippen molar-refractivity contribution in [2.45, 2.75) is 36.9 Å². The van der Waals surface area contributed by atoms with E-state index in [9.17, 15) is 31.2 Å². The van der Waals surface area contributed by atoms with Gasteiger partial charge in [0.25, 0.3) is 5.91 Å². The van der Waals surface area contributed by atoms with Gasteiger partial charge in [-0.05, 0) is 31.5 Å². The molecular weight excluding hydrogens is 365 g/mol. The molecular formula is C14H17F3N2O5S. The van der Waals surface area contributed by atoms with Crippen molar-refractivity contribution < 1.29 is 35.9 Å². The number of ether oxygens (including phenoxy) is 1. The molecule has 1 amide bonds. The molecule has 0 heterocycles. The van der Waals surface area contributed by atoms with Crippen molar-refractivity contribution in [3.63, 3.8) is 0 Å². The van der Waals surface area contributed by atoms with Crippen LogP contribution in [0.25, 0.3) is 0 Å². The van der Waals surface area contributed by atoms with Crippen molar-refractivity contribution in [3.8, 4) is 0 Å². The van der Waals surface area contributed by atoms with Crippen molar-refractivity contribution in [3.05, 3.63) is 29.8 Å². The number of alkyl halides is 3. The summed E-state index contributed by atoms with van der Waals surface area (Å²) in [5, 5.41) is 0. The zero-order valence-electron chi connectivity index (χ0n) is 13.2. The van der Waals surface area contributed by atoms with Crippen LogP contribution in [0.1, 0.15) is 25.3 Å². The van der Waals surface area contributed by atoms with Gasteiger partial charge in [-0.25, -0.2) is 13.1 Å². The molecule has 0 spiro atoms. The first kappa shape index (κ1) is 20.9. The van der Waals surface area contributed by atoms with Gasteiger partial charge in [-0.15, -0.1) is 0 Å². The average Bonchev–Trinajstić information content (AvgIpc) is 2.50. The number of esters is 1. The Morgan fingerprint density at radius 3 is 2.52 bits per heavy atom. The van der Waals surface area contributed by atoms with Crippen LogP contribution < -0.4 is 10.5 Å². The quantitative estimate of drug-likeness (QED) is 0.517. The summed E-state index contributed by atoms with van der Waals surface area (Å²) in [6, 6.07) is 3.29. The topological polar surface area (TPSA) is 116 Å². The molecule has 140 valence electrons. The van der Waals surface area contributed by atoms with Crippen LogP contribution in [0.2, 0.25) is 0 Å². The first-order chi connectivity index (χ1) is 11.4. The molecule has 0 aromatic heterocycles. The number of hydrogen-bond acceptors (Lipinski definition) is 5. The van der Waals surface area contributed by atoms with Crippen LogP contribution in [0.15, 0.2) is 29.2 Å². The molecule has 1 aromatic rings. The highest BCUT2D eigenvalue weighted by molar-refractivity contribution is 7.89. The molecule has 0 aliphatic rings. The summed E-state index contributed by atoms with van der Waals surface area (Å²) in [6.07, 6.45) is -5.92. The zero-order valence-corrected chi connectivity index (χ0v) is 14.0. The summed E-state index contributed by atoms with van der Waals surface area (Å²) < 4.78 is 68.5. The van der Waals surface area contributed by atoms with Crippen LogP contribution in [-0.4, -0.2) is 32.9 Å². The number of carbonyl (C=O) groups is 2. The van der Waals surface area contributed by atoms with Crippen LogP contribution in [0, 0.1) is 0 Å². The Hall–Kier alpha value is -2.14. The van der Waals surface area contributed by atoms with Crippen molar-refractivity contribution in [1.82, 2.24) is 4.72 Å². The lowest BCUT2D eigenvalue weighted by molar-refractivity contribution is -0.153. The number of amides is 1. The van der Waals surface area contributed by atoms with Crippen molar-refractivity contribution in [2.24, 2.45) is 5.73 Å². The van der Waals surface area contributed by atoms with Gasteiger partial charge in [-0.2, -0.15) is 13.2 Å². The SMILES string of the molecule is CC(OC(=O)CCCNS(=O)(=O)c1cccc(C(F)(F)F)c1)C(N)=O. The number of nitrogens with two attached hydrogens (primary N) is 1. The van der Waals surface area contributed by atoms with E-state index in [0.717, 1.165) is 18.2 Å². The second-order valence-corrected chi connectivity index (χ2v) is 6.83. The molecule has 0 radical (unpaired) electrons. The minimum atomic E-state index is -4.66. The predicted octanol–water partition coefficient (Wildman–Crippen LogP) is 1.18. The second kappa shape index (κ2) is 8.30. The van der Waals surface area contributed by atoms with Gasteiger partial charge in [0.2, 0.25) is 10.0 Å². The van der Waals surface area contributed by atoms with Crippen LogP contribution in [0.5, 0.6) is 0 Å². The maximum Gasteiger partial charge on any atom is 0.416 e. The summed E-state index contributed by atoms with van der Waals surface area (Å²) in [4.78, 5) is 21.6. The Kier molecular flexibility index (Phi) is 6.94. The molecule has 0 saturated heterocycles. The van der Waals surface area contributed by atoms with Crippen molar-refractivity contribution in [1.29, 1.82) is 0 Å². The van der Waals surface area contributed by atoms with Gasteiger partial charge in [0.05, 0.1) is 10.5 Å². The summed E-state index contributed by atoms with van der Waals surface area (Å²) in [6.45, 7) is 1.09. The largest absolute Gasteiger partial charge is 0.453 e. The molecule has 11 heteroatoms. The Bertz CT molecular complexity index is 734. The summed E-state index contributed by atoms with van der Waals surface area (Å²) in [5.41, 5.74) is 3.83. The van der Waals surface area contributed by atoms with E-state index in [1.807, 2.05) is 0 Å². The number of sulfonamides is 1. The Balaban J connectivity index is 2.57. The van der Waals surface area contributed by atoms with Gasteiger partial charge >= 0.3 is 12.1 Å². The molecule has 7 nitrogen and oxygen atoms in total. The Morgan fingerprint density at radius 2 is 1.96 bits per heavy atom. The highest BCUT2D eigenvalue weighted by atomic mass is 32.2. The average molecular weight is 382 g/mol. The van der Waals surface area contributed by atoms with E-state index in [1.54, 1.807) is 0 Å². The highest BCUT2D eigenvalue weighted by Crippen LogP contribution is 2.30. The fraction of sp³-hybridized carbons (Fsp3) is 0.429. The van der Waals surface area contributed by atoms with Gasteiger partial charge < -0.3 is 10.5 Å². The number of primary amides is 1. The monoisotopic (exact) mass is 382 g/mol. The molecule has 3 N–H and O–H groups in total. The van der Waals surface area contributed by atoms with Gasteiger partial charge in [0.15, 0.2) is 6.10 Å². The molecule has 0 fully saturated rings. The van der Waals surface area contributed by atoms with Crippen molar-refractivity contribution >= 4 is 21.9 Å². The zero-order chi connectivity index (χ0) is 19.3. The minimum absolute atomic E-state index is 0.0303. The normalized spacial score (nSPS) is 13.3. The molecule has 1 atom stereocenters. The van der Waals surface area contributed by atoms with Crippen LogP contribution in [0.3, 0.4) is 0 Å². The lowest BCUT2D eigenvalue weighted by atomic mass is 10.2. The predicted molar refractivity (Wildman–Crippen MR) is 80.6 cm³/mol. The molecule has 0 aliphatic heterocycles. The third-order valence-corrected chi connectivity index (χ3v) is 4.49. The lowest BCUT2D eigenvalue weighted by Gasteiger charge is -2.11. The van der Waals surface area contributed by atoms with Crippen molar-refractivity contribution in [2.75, 3.05) is 6.54 Å². The maximum absolute atomic E-state index is 12.6. The van der Waals surface area contributed by atoms with E-state index >= 15 is 0 Å². The summed E-state index contributed by atoms with van der Waals surface area (Å²) in [7, 11) is -4.15. The molecule has 0 aliphatic carbocycles. The van der Waals surface area contributed by atoms with Gasteiger partial charge in [-0.1, -0.05) is 6.07 Å². The van der Waals surface area contributed by atoms with Crippen LogP contribution >= 0.6 is 0 Å². The van der Waals surface area contributed by atoms with Crippen LogP contribution in [0.4, 0.5) is 13.2 Å². The van der Waals surface area contributed by atoms with E-state index in [4.69, 9.17) is 5.73 Å². The lowest BCUT2D eigenvalue weighted by Crippen LogP contribution is -2.31. The molecule has 1 rings (SSSR count). The van der Waals surface area contributed by atoms with E-state index in [2.05, 4.69) is 9.46 Å². The third-order valence-electron chi connectivity index (χ3n) is 3.03. The second-order valence-electron chi connectivity index (χ2n) is 5.06. The molecule has 0 bridgehead atoms. The Labute approximate surface area is 142 Å². The fourth-order valence-electron chi connectivity index (χ4n) is 1.68. The van der Waals surface area contributed by atoms with E-state index in [1.165, 1.54) is 6.92 Å². The standard InChI is InChI=1S/C14H17F3N2O5S/c1-9(13(18)21)24-12(20)6-3-7-19-25(22,23)11-5-2-4-10(8-11)14(15,16)17/h2,4-5,8-9,19H,3,6-7H2,1H3,(H2,18,21). The molecule has 1 unspecified atom stereocenters. The number of hydrogen-bond donors (Lipinski definition) is 2. The van der Waals surface area contributed by atoms with E-state index in [-0.39, 0.29) is 19.4 Å². The van der Waals surface area contributed by atoms with Gasteiger partial charge in [-0.3, -0.25) is 9.59 Å². The highest BCUT2D eigenvalue weighted by Gasteiger charge is 2.31. The van der Waals surface area contributed by atoms with Gasteiger partial charge in [0.1, 0.15) is 0 Å². The Morgan fingerprint density at radius 1 is 1.32 bits per heavy atom. The maximum atomic E-state index is 12.6. The first-order valence-corrected chi connectivity index (χ1v) is 8.57. The first-order valence-electron chi connectivity index (χ1n) is 7.09. The summed E-state index contributed by atoms with van der Waals surface area (Å²) >= 11 is 0. The van der Waals surface area contributed by atoms with Gasteiger partial charge in [0, 0.05) is 13.0 Å². The minimum Gasteiger partial charge on any atom is -0.453 e. The number of benzene rings is 1.